The lowest BCUT2D eigenvalue weighted by Gasteiger charge is -2.35. The average Bonchev–Trinajstić information content (AvgIpc) is 2.48. The van der Waals surface area contributed by atoms with Crippen molar-refractivity contribution in [1.29, 1.82) is 0 Å². The minimum absolute atomic E-state index is 0.151. The molecule has 1 fully saturated rings. The zero-order valence-electron chi connectivity index (χ0n) is 12.0. The summed E-state index contributed by atoms with van der Waals surface area (Å²) in [6.07, 6.45) is 3.34. The van der Waals surface area contributed by atoms with Crippen molar-refractivity contribution in [3.8, 4) is 0 Å². The second kappa shape index (κ2) is 6.84. The predicted molar refractivity (Wildman–Crippen MR) is 77.9 cm³/mol. The summed E-state index contributed by atoms with van der Waals surface area (Å²) in [6.45, 7) is 4.46. The van der Waals surface area contributed by atoms with Crippen LogP contribution >= 0.6 is 0 Å². The first-order chi connectivity index (χ1) is 9.66. The number of piperidine rings is 1. The fourth-order valence-electron chi connectivity index (χ4n) is 2.85. The first-order valence-electron chi connectivity index (χ1n) is 7.40. The van der Waals surface area contributed by atoms with Crippen LogP contribution in [0.3, 0.4) is 0 Å². The largest absolute Gasteiger partial charge is 0.355 e. The molecule has 1 aliphatic heterocycles. The van der Waals surface area contributed by atoms with E-state index in [1.54, 1.807) is 6.07 Å². The van der Waals surface area contributed by atoms with E-state index in [1.165, 1.54) is 12.1 Å². The quantitative estimate of drug-likeness (QED) is 0.867. The van der Waals surface area contributed by atoms with Gasteiger partial charge in [-0.3, -0.25) is 4.79 Å². The van der Waals surface area contributed by atoms with Gasteiger partial charge in [0, 0.05) is 6.54 Å². The Kier molecular flexibility index (Phi) is 5.12. The fraction of sp³-hybridized carbons (Fsp3) is 0.562. The number of hydrogen-bond acceptors (Lipinski definition) is 2. The van der Waals surface area contributed by atoms with Gasteiger partial charge < -0.3 is 10.6 Å². The van der Waals surface area contributed by atoms with Gasteiger partial charge in [0.25, 0.3) is 0 Å². The van der Waals surface area contributed by atoms with Crippen LogP contribution in [0.15, 0.2) is 24.3 Å². The molecule has 20 heavy (non-hydrogen) atoms. The van der Waals surface area contributed by atoms with Crippen LogP contribution in [0, 0.1) is 11.2 Å². The van der Waals surface area contributed by atoms with Crippen molar-refractivity contribution >= 4 is 5.91 Å². The standard InChI is InChI=1S/C16H23FN2O/c1-2-16(7-10-18-11-8-16)15(20)19-9-6-13-4-3-5-14(17)12-13/h3-5,12,18H,2,6-11H2,1H3,(H,19,20). The van der Waals surface area contributed by atoms with Gasteiger partial charge in [0.15, 0.2) is 0 Å². The van der Waals surface area contributed by atoms with Crippen LogP contribution in [-0.2, 0) is 11.2 Å². The Labute approximate surface area is 120 Å². The summed E-state index contributed by atoms with van der Waals surface area (Å²) in [5, 5.41) is 6.32. The molecule has 110 valence electrons. The minimum Gasteiger partial charge on any atom is -0.355 e. The van der Waals surface area contributed by atoms with Gasteiger partial charge in [0.1, 0.15) is 5.82 Å². The van der Waals surface area contributed by atoms with Gasteiger partial charge >= 0.3 is 0 Å². The zero-order valence-corrected chi connectivity index (χ0v) is 12.0. The summed E-state index contributed by atoms with van der Waals surface area (Å²) in [7, 11) is 0. The zero-order chi connectivity index (χ0) is 14.4. The molecule has 1 aliphatic rings. The highest BCUT2D eigenvalue weighted by atomic mass is 19.1. The van der Waals surface area contributed by atoms with E-state index in [2.05, 4.69) is 17.6 Å². The van der Waals surface area contributed by atoms with E-state index in [-0.39, 0.29) is 17.1 Å². The van der Waals surface area contributed by atoms with Gasteiger partial charge in [-0.1, -0.05) is 19.1 Å². The highest BCUT2D eigenvalue weighted by Crippen LogP contribution is 2.32. The van der Waals surface area contributed by atoms with Crippen LogP contribution in [0.4, 0.5) is 4.39 Å². The molecule has 0 radical (unpaired) electrons. The summed E-state index contributed by atoms with van der Waals surface area (Å²) in [4.78, 5) is 12.4. The number of carbonyl (C=O) groups excluding carboxylic acids is 1. The molecule has 2 N–H and O–H groups in total. The number of amides is 1. The number of hydrogen-bond donors (Lipinski definition) is 2. The van der Waals surface area contributed by atoms with Gasteiger partial charge in [-0.25, -0.2) is 4.39 Å². The highest BCUT2D eigenvalue weighted by molar-refractivity contribution is 5.82. The number of nitrogens with one attached hydrogen (secondary N) is 2. The van der Waals surface area contributed by atoms with Crippen LogP contribution in [0.25, 0.3) is 0 Å². The molecule has 3 nitrogen and oxygen atoms in total. The number of rotatable bonds is 5. The Hall–Kier alpha value is -1.42. The maximum absolute atomic E-state index is 13.1. The van der Waals surface area contributed by atoms with Crippen molar-refractivity contribution in [2.24, 2.45) is 5.41 Å². The molecule has 0 aromatic heterocycles. The Bertz CT molecular complexity index is 456. The molecule has 2 rings (SSSR count). The molecule has 1 aromatic carbocycles. The first-order valence-corrected chi connectivity index (χ1v) is 7.40. The van der Waals surface area contributed by atoms with Gasteiger partial charge in [0.2, 0.25) is 5.91 Å². The Balaban J connectivity index is 1.85. The topological polar surface area (TPSA) is 41.1 Å². The molecule has 0 spiro atoms. The SMILES string of the molecule is CCC1(C(=O)NCCc2cccc(F)c2)CCNCC1. The molecule has 0 aliphatic carbocycles. The number of carbonyl (C=O) groups is 1. The molecule has 1 saturated heterocycles. The third-order valence-corrected chi connectivity index (χ3v) is 4.31. The maximum Gasteiger partial charge on any atom is 0.226 e. The molecule has 1 amide bonds. The first kappa shape index (κ1) is 15.0. The second-order valence-corrected chi connectivity index (χ2v) is 5.52. The van der Waals surface area contributed by atoms with E-state index < -0.39 is 0 Å². The van der Waals surface area contributed by atoms with Crippen molar-refractivity contribution in [1.82, 2.24) is 10.6 Å². The monoisotopic (exact) mass is 278 g/mol. The van der Waals surface area contributed by atoms with Crippen molar-refractivity contribution < 1.29 is 9.18 Å². The molecule has 1 aromatic rings. The van der Waals surface area contributed by atoms with Crippen molar-refractivity contribution in [3.63, 3.8) is 0 Å². The van der Waals surface area contributed by atoms with Crippen molar-refractivity contribution in [3.05, 3.63) is 35.6 Å². The van der Waals surface area contributed by atoms with Crippen LogP contribution in [0.5, 0.6) is 0 Å². The summed E-state index contributed by atoms with van der Waals surface area (Å²) in [6, 6.07) is 6.54. The molecule has 4 heteroatoms. The molecule has 0 unspecified atom stereocenters. The molecular formula is C16H23FN2O. The van der Waals surface area contributed by atoms with Gasteiger partial charge in [-0.15, -0.1) is 0 Å². The molecule has 1 heterocycles. The van der Waals surface area contributed by atoms with Gasteiger partial charge in [-0.05, 0) is 56.5 Å². The lowest BCUT2D eigenvalue weighted by molar-refractivity contribution is -0.132. The number of halogens is 1. The van der Waals surface area contributed by atoms with Gasteiger partial charge in [-0.2, -0.15) is 0 Å². The Morgan fingerprint density at radius 1 is 1.40 bits per heavy atom. The summed E-state index contributed by atoms with van der Waals surface area (Å²) in [5.74, 6) is -0.0740. The minimum atomic E-state index is -0.225. The van der Waals surface area contributed by atoms with E-state index in [9.17, 15) is 9.18 Å². The van der Waals surface area contributed by atoms with E-state index in [4.69, 9.17) is 0 Å². The van der Waals surface area contributed by atoms with Gasteiger partial charge in [0.05, 0.1) is 5.41 Å². The normalized spacial score (nSPS) is 17.7. The number of benzene rings is 1. The smallest absolute Gasteiger partial charge is 0.226 e. The molecule has 0 atom stereocenters. The Morgan fingerprint density at radius 3 is 2.80 bits per heavy atom. The van der Waals surface area contributed by atoms with E-state index >= 15 is 0 Å². The van der Waals surface area contributed by atoms with Crippen LogP contribution in [0.1, 0.15) is 31.7 Å². The lowest BCUT2D eigenvalue weighted by atomic mass is 9.76. The Morgan fingerprint density at radius 2 is 2.15 bits per heavy atom. The summed E-state index contributed by atoms with van der Waals surface area (Å²) in [5.41, 5.74) is 0.703. The predicted octanol–water partition coefficient (Wildman–Crippen LogP) is 2.26. The molecular weight excluding hydrogens is 255 g/mol. The third-order valence-electron chi connectivity index (χ3n) is 4.31. The van der Waals surface area contributed by atoms with Crippen LogP contribution in [-0.4, -0.2) is 25.5 Å². The van der Waals surface area contributed by atoms with Crippen molar-refractivity contribution in [2.45, 2.75) is 32.6 Å². The van der Waals surface area contributed by atoms with Crippen LogP contribution < -0.4 is 10.6 Å². The average molecular weight is 278 g/mol. The summed E-state index contributed by atoms with van der Waals surface area (Å²) < 4.78 is 13.1. The lowest BCUT2D eigenvalue weighted by Crippen LogP contribution is -2.47. The van der Waals surface area contributed by atoms with E-state index in [0.717, 1.165) is 37.9 Å². The van der Waals surface area contributed by atoms with E-state index in [0.29, 0.717) is 13.0 Å². The third kappa shape index (κ3) is 3.57. The second-order valence-electron chi connectivity index (χ2n) is 5.52. The maximum atomic E-state index is 13.1. The molecule has 0 saturated carbocycles. The fourth-order valence-corrected chi connectivity index (χ4v) is 2.85. The van der Waals surface area contributed by atoms with E-state index in [1.807, 2.05) is 6.07 Å². The van der Waals surface area contributed by atoms with Crippen molar-refractivity contribution in [2.75, 3.05) is 19.6 Å². The highest BCUT2D eigenvalue weighted by Gasteiger charge is 2.37. The summed E-state index contributed by atoms with van der Waals surface area (Å²) >= 11 is 0. The van der Waals surface area contributed by atoms with Crippen LogP contribution in [0.2, 0.25) is 0 Å². The molecule has 0 bridgehead atoms.